The average molecular weight is 334 g/mol. The first kappa shape index (κ1) is 14.9. The number of nitrogens with zero attached hydrogens (tertiary/aromatic N) is 1. The number of aromatic nitrogens is 1. The third-order valence-electron chi connectivity index (χ3n) is 3.71. The van der Waals surface area contributed by atoms with Gasteiger partial charge in [-0.3, -0.25) is 0 Å². The maximum absolute atomic E-state index is 11.7. The van der Waals surface area contributed by atoms with Gasteiger partial charge in [0.2, 0.25) is 0 Å². The quantitative estimate of drug-likeness (QED) is 0.732. The van der Waals surface area contributed by atoms with Crippen LogP contribution < -0.4 is 0 Å². The summed E-state index contributed by atoms with van der Waals surface area (Å²) in [6, 6.07) is 12.8. The molecule has 3 nitrogen and oxygen atoms in total. The first-order valence-electron chi connectivity index (χ1n) is 6.73. The summed E-state index contributed by atoms with van der Waals surface area (Å²) in [5, 5.41) is 11.6. The van der Waals surface area contributed by atoms with Crippen molar-refractivity contribution in [3.05, 3.63) is 69.3 Å². The van der Waals surface area contributed by atoms with Crippen molar-refractivity contribution >= 4 is 40.1 Å². The molecule has 2 aromatic carbocycles. The highest BCUT2D eigenvalue weighted by atomic mass is 35.5. The first-order valence-corrected chi connectivity index (χ1v) is 7.49. The van der Waals surface area contributed by atoms with Crippen LogP contribution in [0.5, 0.6) is 0 Å². The summed E-state index contributed by atoms with van der Waals surface area (Å²) in [6.07, 6.45) is 0. The molecule has 22 heavy (non-hydrogen) atoms. The van der Waals surface area contributed by atoms with E-state index in [-0.39, 0.29) is 5.69 Å². The van der Waals surface area contributed by atoms with Crippen molar-refractivity contribution in [3.63, 3.8) is 0 Å². The molecule has 112 valence electrons. The number of carboxylic acids is 1. The normalized spacial score (nSPS) is 11.0. The Morgan fingerprint density at radius 2 is 1.86 bits per heavy atom. The van der Waals surface area contributed by atoms with E-state index in [2.05, 4.69) is 0 Å². The predicted octanol–water partition coefficient (Wildman–Crippen LogP) is 5.00. The van der Waals surface area contributed by atoms with Crippen molar-refractivity contribution < 1.29 is 9.90 Å². The van der Waals surface area contributed by atoms with E-state index >= 15 is 0 Å². The van der Waals surface area contributed by atoms with Gasteiger partial charge in [-0.25, -0.2) is 4.79 Å². The van der Waals surface area contributed by atoms with Crippen LogP contribution in [-0.2, 0) is 6.54 Å². The molecule has 5 heteroatoms. The van der Waals surface area contributed by atoms with E-state index in [0.717, 1.165) is 16.5 Å². The lowest BCUT2D eigenvalue weighted by atomic mass is 10.1. The molecule has 3 aromatic rings. The summed E-state index contributed by atoms with van der Waals surface area (Å²) < 4.78 is 1.79. The Balaban J connectivity index is 2.23. The zero-order valence-electron chi connectivity index (χ0n) is 11.8. The molecule has 0 saturated heterocycles. The van der Waals surface area contributed by atoms with E-state index in [4.69, 9.17) is 23.2 Å². The summed E-state index contributed by atoms with van der Waals surface area (Å²) in [7, 11) is 0. The summed E-state index contributed by atoms with van der Waals surface area (Å²) in [5.41, 5.74) is 2.78. The number of carboxylic acid groups (broad SMARTS) is 1. The Morgan fingerprint density at radius 3 is 2.55 bits per heavy atom. The van der Waals surface area contributed by atoms with Crippen LogP contribution in [0.25, 0.3) is 10.9 Å². The van der Waals surface area contributed by atoms with Crippen molar-refractivity contribution in [3.8, 4) is 0 Å². The van der Waals surface area contributed by atoms with E-state index in [0.29, 0.717) is 22.2 Å². The topological polar surface area (TPSA) is 42.2 Å². The number of fused-ring (bicyclic) bond motifs is 1. The van der Waals surface area contributed by atoms with Gasteiger partial charge in [0.1, 0.15) is 5.69 Å². The molecule has 0 aliphatic heterocycles. The number of aromatic carboxylic acids is 1. The van der Waals surface area contributed by atoms with Crippen molar-refractivity contribution in [2.45, 2.75) is 13.5 Å². The SMILES string of the molecule is Cc1c(C(=O)O)n(Cc2cccc(Cl)c2)c2ccc(Cl)cc12. The largest absolute Gasteiger partial charge is 0.477 e. The summed E-state index contributed by atoms with van der Waals surface area (Å²) in [4.78, 5) is 11.7. The molecule has 0 atom stereocenters. The van der Waals surface area contributed by atoms with Crippen molar-refractivity contribution in [1.29, 1.82) is 0 Å². The third kappa shape index (κ3) is 2.58. The second-order valence-electron chi connectivity index (χ2n) is 5.16. The minimum Gasteiger partial charge on any atom is -0.477 e. The fourth-order valence-electron chi connectivity index (χ4n) is 2.75. The maximum atomic E-state index is 11.7. The Labute approximate surface area is 137 Å². The molecule has 0 fully saturated rings. The van der Waals surface area contributed by atoms with Gasteiger partial charge in [0, 0.05) is 27.5 Å². The van der Waals surface area contributed by atoms with Gasteiger partial charge in [0.15, 0.2) is 0 Å². The van der Waals surface area contributed by atoms with Gasteiger partial charge in [-0.05, 0) is 48.4 Å². The number of benzene rings is 2. The minimum absolute atomic E-state index is 0.275. The highest BCUT2D eigenvalue weighted by Gasteiger charge is 2.20. The molecule has 0 aliphatic rings. The Bertz CT molecular complexity index is 884. The van der Waals surface area contributed by atoms with Crippen LogP contribution in [0, 0.1) is 6.92 Å². The fraction of sp³-hybridized carbons (Fsp3) is 0.118. The van der Waals surface area contributed by atoms with Crippen LogP contribution in [0.15, 0.2) is 42.5 Å². The summed E-state index contributed by atoms with van der Waals surface area (Å²) in [6.45, 7) is 2.24. The molecule has 0 spiro atoms. The third-order valence-corrected chi connectivity index (χ3v) is 4.18. The minimum atomic E-state index is -0.952. The first-order chi connectivity index (χ1) is 10.5. The van der Waals surface area contributed by atoms with Gasteiger partial charge in [-0.15, -0.1) is 0 Å². The van der Waals surface area contributed by atoms with Crippen LogP contribution >= 0.6 is 23.2 Å². The number of hydrogen-bond donors (Lipinski definition) is 1. The van der Waals surface area contributed by atoms with Crippen LogP contribution in [0.1, 0.15) is 21.6 Å². The number of carbonyl (C=O) groups is 1. The lowest BCUT2D eigenvalue weighted by Gasteiger charge is -2.09. The van der Waals surface area contributed by atoms with E-state index in [1.165, 1.54) is 0 Å². The van der Waals surface area contributed by atoms with Crippen LogP contribution in [0.3, 0.4) is 0 Å². The highest BCUT2D eigenvalue weighted by Crippen LogP contribution is 2.29. The van der Waals surface area contributed by atoms with Gasteiger partial charge in [0.05, 0.1) is 0 Å². The van der Waals surface area contributed by atoms with E-state index in [1.807, 2.05) is 24.3 Å². The van der Waals surface area contributed by atoms with E-state index < -0.39 is 5.97 Å². The lowest BCUT2D eigenvalue weighted by molar-refractivity contribution is 0.0685. The molecule has 1 heterocycles. The Kier molecular flexibility index (Phi) is 3.85. The fourth-order valence-corrected chi connectivity index (χ4v) is 3.14. The zero-order chi connectivity index (χ0) is 15.9. The van der Waals surface area contributed by atoms with Gasteiger partial charge in [-0.2, -0.15) is 0 Å². The van der Waals surface area contributed by atoms with Gasteiger partial charge < -0.3 is 9.67 Å². The van der Waals surface area contributed by atoms with Crippen molar-refractivity contribution in [2.24, 2.45) is 0 Å². The predicted molar refractivity (Wildman–Crippen MR) is 89.2 cm³/mol. The maximum Gasteiger partial charge on any atom is 0.352 e. The van der Waals surface area contributed by atoms with Crippen LogP contribution in [0.2, 0.25) is 10.0 Å². The van der Waals surface area contributed by atoms with Gasteiger partial charge in [-0.1, -0.05) is 35.3 Å². The molecule has 0 unspecified atom stereocenters. The molecular weight excluding hydrogens is 321 g/mol. The Morgan fingerprint density at radius 1 is 1.14 bits per heavy atom. The molecule has 1 N–H and O–H groups in total. The second-order valence-corrected chi connectivity index (χ2v) is 6.03. The van der Waals surface area contributed by atoms with Crippen molar-refractivity contribution in [2.75, 3.05) is 0 Å². The molecule has 3 rings (SSSR count). The van der Waals surface area contributed by atoms with Gasteiger partial charge in [0.25, 0.3) is 0 Å². The van der Waals surface area contributed by atoms with Crippen LogP contribution in [-0.4, -0.2) is 15.6 Å². The number of aryl methyl sites for hydroxylation is 1. The smallest absolute Gasteiger partial charge is 0.352 e. The van der Waals surface area contributed by atoms with E-state index in [9.17, 15) is 9.90 Å². The highest BCUT2D eigenvalue weighted by molar-refractivity contribution is 6.31. The molecule has 1 aromatic heterocycles. The number of halogens is 2. The molecule has 0 radical (unpaired) electrons. The van der Waals surface area contributed by atoms with Gasteiger partial charge >= 0.3 is 5.97 Å². The molecule has 0 aliphatic carbocycles. The molecule has 0 bridgehead atoms. The van der Waals surface area contributed by atoms with E-state index in [1.54, 1.807) is 29.7 Å². The average Bonchev–Trinajstić information content (AvgIpc) is 2.71. The number of rotatable bonds is 3. The standard InChI is InChI=1S/C17H13Cl2NO2/c1-10-14-8-13(19)5-6-15(14)20(16(10)17(21)22)9-11-3-2-4-12(18)7-11/h2-8H,9H2,1H3,(H,21,22). The molecule has 0 saturated carbocycles. The summed E-state index contributed by atoms with van der Waals surface area (Å²) >= 11 is 12.1. The summed E-state index contributed by atoms with van der Waals surface area (Å²) in [5.74, 6) is -0.952. The molecule has 0 amide bonds. The zero-order valence-corrected chi connectivity index (χ0v) is 13.3. The monoisotopic (exact) mass is 333 g/mol. The molecular formula is C17H13Cl2NO2. The lowest BCUT2D eigenvalue weighted by Crippen LogP contribution is -2.10. The number of hydrogen-bond acceptors (Lipinski definition) is 1. The Hall–Kier alpha value is -1.97. The second kappa shape index (κ2) is 5.67. The van der Waals surface area contributed by atoms with Crippen molar-refractivity contribution in [1.82, 2.24) is 4.57 Å². The van der Waals surface area contributed by atoms with Crippen LogP contribution in [0.4, 0.5) is 0 Å².